The first kappa shape index (κ1) is 15.3. The van der Waals surface area contributed by atoms with E-state index in [1.54, 1.807) is 31.9 Å². The molecule has 0 fully saturated rings. The average molecular weight is 427 g/mol. The number of fused-ring (bicyclic) bond motifs is 1. The maximum absolute atomic E-state index is 5.40. The Labute approximate surface area is 145 Å². The third-order valence-corrected chi connectivity index (χ3v) is 5.85. The van der Waals surface area contributed by atoms with Crippen LogP contribution in [-0.4, -0.2) is 24.2 Å². The van der Waals surface area contributed by atoms with Gasteiger partial charge in [0.25, 0.3) is 0 Å². The molecule has 2 aromatic heterocycles. The maximum Gasteiger partial charge on any atom is 0.151 e. The fraction of sp³-hybridized carbons (Fsp3) is 0.200. The number of rotatable bonds is 4. The van der Waals surface area contributed by atoms with E-state index in [-0.39, 0.29) is 0 Å². The van der Waals surface area contributed by atoms with E-state index in [9.17, 15) is 0 Å². The van der Waals surface area contributed by atoms with E-state index in [4.69, 9.17) is 9.47 Å². The Morgan fingerprint density at radius 1 is 1.18 bits per heavy atom. The minimum absolute atomic E-state index is 0.732. The number of hydrogen-bond donors (Lipinski definition) is 1. The molecule has 22 heavy (non-hydrogen) atoms. The van der Waals surface area contributed by atoms with Crippen LogP contribution < -0.4 is 14.8 Å². The lowest BCUT2D eigenvalue weighted by molar-refractivity contribution is 0.405. The lowest BCUT2D eigenvalue weighted by Crippen LogP contribution is -1.98. The second kappa shape index (κ2) is 6.25. The van der Waals surface area contributed by atoms with Crippen LogP contribution in [0.1, 0.15) is 5.56 Å². The molecule has 0 amide bonds. The fourth-order valence-corrected chi connectivity index (χ4v) is 3.97. The van der Waals surface area contributed by atoms with E-state index in [0.717, 1.165) is 33.2 Å². The van der Waals surface area contributed by atoms with Crippen LogP contribution in [0.15, 0.2) is 24.5 Å². The number of anilines is 2. The molecule has 5 nitrogen and oxygen atoms in total. The number of thiophene rings is 1. The van der Waals surface area contributed by atoms with Crippen molar-refractivity contribution in [1.29, 1.82) is 0 Å². The molecule has 0 unspecified atom stereocenters. The van der Waals surface area contributed by atoms with E-state index >= 15 is 0 Å². The van der Waals surface area contributed by atoms with Gasteiger partial charge in [-0.25, -0.2) is 9.97 Å². The summed E-state index contributed by atoms with van der Waals surface area (Å²) in [6, 6.07) is 5.61. The van der Waals surface area contributed by atoms with Gasteiger partial charge in [0.1, 0.15) is 17.8 Å². The van der Waals surface area contributed by atoms with Crippen molar-refractivity contribution in [2.24, 2.45) is 0 Å². The van der Waals surface area contributed by atoms with Gasteiger partial charge in [-0.05, 0) is 47.2 Å². The van der Waals surface area contributed by atoms with Crippen molar-refractivity contribution < 1.29 is 9.47 Å². The van der Waals surface area contributed by atoms with Gasteiger partial charge in [0.05, 0.1) is 33.0 Å². The van der Waals surface area contributed by atoms with E-state index < -0.39 is 0 Å². The Morgan fingerprint density at radius 2 is 2.00 bits per heavy atom. The van der Waals surface area contributed by atoms with E-state index in [1.807, 2.05) is 18.2 Å². The van der Waals surface area contributed by atoms with Gasteiger partial charge in [-0.15, -0.1) is 11.3 Å². The summed E-state index contributed by atoms with van der Waals surface area (Å²) in [6.45, 7) is 2.07. The number of ether oxygens (including phenoxy) is 2. The Hall–Kier alpha value is -1.61. The van der Waals surface area contributed by atoms with Crippen LogP contribution in [0, 0.1) is 9.81 Å². The lowest BCUT2D eigenvalue weighted by atomic mass is 10.2. The van der Waals surface area contributed by atoms with Crippen LogP contribution in [0.4, 0.5) is 11.5 Å². The molecule has 114 valence electrons. The van der Waals surface area contributed by atoms with Crippen molar-refractivity contribution in [2.75, 3.05) is 19.5 Å². The van der Waals surface area contributed by atoms with Gasteiger partial charge >= 0.3 is 0 Å². The molecule has 0 bridgehead atoms. The van der Waals surface area contributed by atoms with Gasteiger partial charge in [-0.1, -0.05) is 0 Å². The van der Waals surface area contributed by atoms with Crippen LogP contribution >= 0.6 is 33.9 Å². The molecule has 3 aromatic rings. The summed E-state index contributed by atoms with van der Waals surface area (Å²) in [5.74, 6) is 2.26. The highest BCUT2D eigenvalue weighted by Crippen LogP contribution is 2.37. The van der Waals surface area contributed by atoms with Gasteiger partial charge < -0.3 is 14.8 Å². The molecule has 7 heteroatoms. The number of nitrogens with zero attached hydrogens (tertiary/aromatic N) is 2. The molecule has 0 aliphatic heterocycles. The Morgan fingerprint density at radius 3 is 2.73 bits per heavy atom. The minimum Gasteiger partial charge on any atom is -0.497 e. The number of nitrogens with one attached hydrogen (secondary N) is 1. The Kier molecular flexibility index (Phi) is 4.34. The number of halogens is 1. The molecule has 1 N–H and O–H groups in total. The molecule has 0 radical (unpaired) electrons. The van der Waals surface area contributed by atoms with E-state index in [0.29, 0.717) is 0 Å². The molecule has 0 atom stereocenters. The zero-order valence-corrected chi connectivity index (χ0v) is 15.3. The first-order valence-corrected chi connectivity index (χ1v) is 8.42. The fourth-order valence-electron chi connectivity index (χ4n) is 2.13. The van der Waals surface area contributed by atoms with Gasteiger partial charge in [0, 0.05) is 6.07 Å². The summed E-state index contributed by atoms with van der Waals surface area (Å²) in [6.07, 6.45) is 1.58. The topological polar surface area (TPSA) is 56.3 Å². The second-order valence-corrected chi connectivity index (χ2v) is 7.42. The first-order valence-electron chi connectivity index (χ1n) is 6.52. The van der Waals surface area contributed by atoms with Crippen LogP contribution in [0.25, 0.3) is 10.2 Å². The second-order valence-electron chi connectivity index (χ2n) is 4.59. The highest BCUT2D eigenvalue weighted by atomic mass is 127. The third-order valence-electron chi connectivity index (χ3n) is 3.31. The third kappa shape index (κ3) is 2.70. The minimum atomic E-state index is 0.732. The summed E-state index contributed by atoms with van der Waals surface area (Å²) in [5.41, 5.74) is 2.97. The van der Waals surface area contributed by atoms with Crippen LogP contribution in [0.3, 0.4) is 0 Å². The van der Waals surface area contributed by atoms with Crippen molar-refractivity contribution in [3.05, 3.63) is 33.0 Å². The summed E-state index contributed by atoms with van der Waals surface area (Å²) < 4.78 is 12.9. The van der Waals surface area contributed by atoms with Crippen molar-refractivity contribution in [1.82, 2.24) is 9.97 Å². The highest BCUT2D eigenvalue weighted by Gasteiger charge is 2.14. The average Bonchev–Trinajstić information content (AvgIpc) is 2.83. The zero-order valence-electron chi connectivity index (χ0n) is 12.3. The number of hydrogen-bond acceptors (Lipinski definition) is 6. The summed E-state index contributed by atoms with van der Waals surface area (Å²) in [4.78, 5) is 8.75. The predicted molar refractivity (Wildman–Crippen MR) is 97.7 cm³/mol. The molecule has 0 saturated heterocycles. The van der Waals surface area contributed by atoms with Crippen LogP contribution in [0.5, 0.6) is 11.5 Å². The van der Waals surface area contributed by atoms with E-state index in [2.05, 4.69) is 44.8 Å². The van der Waals surface area contributed by atoms with E-state index in [1.165, 1.54) is 8.45 Å². The smallest absolute Gasteiger partial charge is 0.151 e. The van der Waals surface area contributed by atoms with Crippen molar-refractivity contribution in [3.63, 3.8) is 0 Å². The molecule has 0 aliphatic rings. The first-order chi connectivity index (χ1) is 10.6. The standard InChI is InChI=1S/C15H14IN3O2S/c1-8-12-13(22-14(8)16)15(18-7-17-12)19-10-6-9(20-2)4-5-11(10)21-3/h4-7H,1-3H3,(H,17,18,19). The molecule has 2 heterocycles. The van der Waals surface area contributed by atoms with Crippen molar-refractivity contribution in [3.8, 4) is 11.5 Å². The monoisotopic (exact) mass is 427 g/mol. The number of aryl methyl sites for hydroxylation is 1. The molecule has 3 rings (SSSR count). The number of benzene rings is 1. The van der Waals surface area contributed by atoms with Gasteiger partial charge in [0.2, 0.25) is 0 Å². The lowest BCUT2D eigenvalue weighted by Gasteiger charge is -2.12. The van der Waals surface area contributed by atoms with Crippen molar-refractivity contribution >= 4 is 55.6 Å². The predicted octanol–water partition coefficient (Wildman–Crippen LogP) is 4.37. The molecular formula is C15H14IN3O2S. The molecule has 0 saturated carbocycles. The largest absolute Gasteiger partial charge is 0.497 e. The molecule has 0 aliphatic carbocycles. The quantitative estimate of drug-likeness (QED) is 0.627. The SMILES string of the molecule is COc1ccc(OC)c(Nc2ncnc3c(C)c(I)sc23)c1. The summed E-state index contributed by atoms with van der Waals surface area (Å²) in [5, 5.41) is 3.33. The Bertz CT molecular complexity index is 835. The maximum atomic E-state index is 5.40. The number of methoxy groups -OCH3 is 2. The summed E-state index contributed by atoms with van der Waals surface area (Å²) >= 11 is 4.00. The van der Waals surface area contributed by atoms with Crippen molar-refractivity contribution in [2.45, 2.75) is 6.92 Å². The van der Waals surface area contributed by atoms with Gasteiger partial charge in [-0.2, -0.15) is 0 Å². The highest BCUT2D eigenvalue weighted by molar-refractivity contribution is 14.1. The molecular weight excluding hydrogens is 413 g/mol. The Balaban J connectivity index is 2.08. The van der Waals surface area contributed by atoms with Gasteiger partial charge in [0.15, 0.2) is 5.82 Å². The molecule has 0 spiro atoms. The molecule has 1 aromatic carbocycles. The van der Waals surface area contributed by atoms with Gasteiger partial charge in [-0.3, -0.25) is 0 Å². The zero-order chi connectivity index (χ0) is 15.7. The van der Waals surface area contributed by atoms with Crippen LogP contribution in [-0.2, 0) is 0 Å². The normalized spacial score (nSPS) is 10.7. The van der Waals surface area contributed by atoms with Crippen LogP contribution in [0.2, 0.25) is 0 Å². The summed E-state index contributed by atoms with van der Waals surface area (Å²) in [7, 11) is 3.28. The number of aromatic nitrogens is 2.